The zero-order chi connectivity index (χ0) is 8.69. The van der Waals surface area contributed by atoms with Gasteiger partial charge < -0.3 is 10.1 Å². The molecule has 0 aromatic rings. The first kappa shape index (κ1) is 10.7. The molecule has 2 heteroatoms. The van der Waals surface area contributed by atoms with Crippen molar-refractivity contribution in [3.05, 3.63) is 12.2 Å². The molecular weight excluding hydrogens is 138 g/mol. The zero-order valence-electron chi connectivity index (χ0n) is 7.81. The Bertz CT molecular complexity index is 112. The molecule has 0 bridgehead atoms. The molecule has 0 saturated heterocycles. The predicted octanol–water partition coefficient (Wildman–Crippen LogP) is 1.58. The van der Waals surface area contributed by atoms with Gasteiger partial charge in [0.1, 0.15) is 0 Å². The summed E-state index contributed by atoms with van der Waals surface area (Å²) in [6.45, 7) is 9.59. The SMILES string of the molecule is C=C(C)CCOC(C)CNC. The second-order valence-corrected chi connectivity index (χ2v) is 2.95. The van der Waals surface area contributed by atoms with Crippen LogP contribution in [0.4, 0.5) is 0 Å². The quantitative estimate of drug-likeness (QED) is 0.591. The summed E-state index contributed by atoms with van der Waals surface area (Å²) in [6, 6.07) is 0. The van der Waals surface area contributed by atoms with E-state index in [0.717, 1.165) is 19.6 Å². The Morgan fingerprint density at radius 1 is 1.64 bits per heavy atom. The Balaban J connectivity index is 3.16. The van der Waals surface area contributed by atoms with Crippen molar-refractivity contribution < 1.29 is 4.74 Å². The highest BCUT2D eigenvalue weighted by molar-refractivity contribution is 4.87. The molecule has 0 amide bonds. The van der Waals surface area contributed by atoms with Crippen molar-refractivity contribution in [2.45, 2.75) is 26.4 Å². The van der Waals surface area contributed by atoms with Gasteiger partial charge in [-0.3, -0.25) is 0 Å². The van der Waals surface area contributed by atoms with Crippen molar-refractivity contribution in [1.82, 2.24) is 5.32 Å². The van der Waals surface area contributed by atoms with Crippen molar-refractivity contribution in [2.75, 3.05) is 20.2 Å². The summed E-state index contributed by atoms with van der Waals surface area (Å²) in [5, 5.41) is 3.06. The van der Waals surface area contributed by atoms with Crippen LogP contribution in [0.3, 0.4) is 0 Å². The number of likely N-dealkylation sites (N-methyl/N-ethyl adjacent to an activating group) is 1. The molecule has 1 atom stereocenters. The molecule has 1 unspecified atom stereocenters. The van der Waals surface area contributed by atoms with E-state index in [4.69, 9.17) is 4.74 Å². The van der Waals surface area contributed by atoms with E-state index in [1.54, 1.807) is 0 Å². The Labute approximate surface area is 69.6 Å². The second kappa shape index (κ2) is 6.38. The first-order valence-electron chi connectivity index (χ1n) is 4.07. The van der Waals surface area contributed by atoms with Crippen LogP contribution in [-0.2, 0) is 4.74 Å². The molecule has 0 aliphatic rings. The molecule has 0 rings (SSSR count). The minimum absolute atomic E-state index is 0.305. The van der Waals surface area contributed by atoms with Gasteiger partial charge in [0.2, 0.25) is 0 Å². The van der Waals surface area contributed by atoms with Gasteiger partial charge in [0.25, 0.3) is 0 Å². The van der Waals surface area contributed by atoms with E-state index in [-0.39, 0.29) is 0 Å². The number of nitrogens with one attached hydrogen (secondary N) is 1. The summed E-state index contributed by atoms with van der Waals surface area (Å²) in [5.41, 5.74) is 1.18. The number of rotatable bonds is 6. The molecule has 11 heavy (non-hydrogen) atoms. The second-order valence-electron chi connectivity index (χ2n) is 2.95. The van der Waals surface area contributed by atoms with Crippen molar-refractivity contribution in [1.29, 1.82) is 0 Å². The normalized spacial score (nSPS) is 13.0. The van der Waals surface area contributed by atoms with Gasteiger partial charge in [0.05, 0.1) is 12.7 Å². The van der Waals surface area contributed by atoms with E-state index in [1.807, 2.05) is 14.0 Å². The Kier molecular flexibility index (Phi) is 6.18. The lowest BCUT2D eigenvalue weighted by molar-refractivity contribution is 0.0696. The Hall–Kier alpha value is -0.340. The summed E-state index contributed by atoms with van der Waals surface area (Å²) in [6.07, 6.45) is 1.27. The third-order valence-electron chi connectivity index (χ3n) is 1.42. The minimum atomic E-state index is 0.305. The van der Waals surface area contributed by atoms with Gasteiger partial charge in [0.15, 0.2) is 0 Å². The molecule has 0 aliphatic carbocycles. The molecule has 0 aliphatic heterocycles. The van der Waals surface area contributed by atoms with Crippen molar-refractivity contribution in [2.24, 2.45) is 0 Å². The van der Waals surface area contributed by atoms with Crippen molar-refractivity contribution >= 4 is 0 Å². The largest absolute Gasteiger partial charge is 0.377 e. The van der Waals surface area contributed by atoms with Gasteiger partial charge in [-0.15, -0.1) is 6.58 Å². The van der Waals surface area contributed by atoms with E-state index < -0.39 is 0 Å². The maximum atomic E-state index is 5.47. The topological polar surface area (TPSA) is 21.3 Å². The average Bonchev–Trinajstić information content (AvgIpc) is 1.87. The van der Waals surface area contributed by atoms with Crippen LogP contribution in [0.25, 0.3) is 0 Å². The molecule has 0 fully saturated rings. The molecule has 0 saturated carbocycles. The number of ether oxygens (including phenoxy) is 1. The zero-order valence-corrected chi connectivity index (χ0v) is 7.81. The first-order valence-corrected chi connectivity index (χ1v) is 4.07. The van der Waals surface area contributed by atoms with Gasteiger partial charge in [-0.05, 0) is 27.3 Å². The molecule has 2 nitrogen and oxygen atoms in total. The Morgan fingerprint density at radius 3 is 2.73 bits per heavy atom. The van der Waals surface area contributed by atoms with E-state index in [2.05, 4.69) is 18.8 Å². The third kappa shape index (κ3) is 7.56. The standard InChI is InChI=1S/C9H19NO/c1-8(2)5-6-11-9(3)7-10-4/h9-10H,1,5-7H2,2-4H3. The maximum Gasteiger partial charge on any atom is 0.0671 e. The van der Waals surface area contributed by atoms with Gasteiger partial charge >= 0.3 is 0 Å². The fourth-order valence-corrected chi connectivity index (χ4v) is 0.781. The molecule has 0 heterocycles. The summed E-state index contributed by atoms with van der Waals surface area (Å²) in [7, 11) is 1.93. The lowest BCUT2D eigenvalue weighted by Crippen LogP contribution is -2.23. The highest BCUT2D eigenvalue weighted by Gasteiger charge is 1.98. The first-order chi connectivity index (χ1) is 5.16. The van der Waals surface area contributed by atoms with E-state index in [1.165, 1.54) is 5.57 Å². The van der Waals surface area contributed by atoms with Gasteiger partial charge in [-0.1, -0.05) is 5.57 Å². The van der Waals surface area contributed by atoms with Crippen LogP contribution in [0.1, 0.15) is 20.3 Å². The lowest BCUT2D eigenvalue weighted by atomic mass is 10.2. The molecule has 0 aromatic carbocycles. The molecule has 0 spiro atoms. The summed E-state index contributed by atoms with van der Waals surface area (Å²) in [5.74, 6) is 0. The average molecular weight is 157 g/mol. The van der Waals surface area contributed by atoms with Gasteiger partial charge in [-0.25, -0.2) is 0 Å². The van der Waals surface area contributed by atoms with Gasteiger partial charge in [0, 0.05) is 6.54 Å². The van der Waals surface area contributed by atoms with Crippen molar-refractivity contribution in [3.63, 3.8) is 0 Å². The van der Waals surface area contributed by atoms with E-state index in [9.17, 15) is 0 Å². The van der Waals surface area contributed by atoms with Crippen LogP contribution in [-0.4, -0.2) is 26.3 Å². The van der Waals surface area contributed by atoms with Gasteiger partial charge in [-0.2, -0.15) is 0 Å². The smallest absolute Gasteiger partial charge is 0.0671 e. The third-order valence-corrected chi connectivity index (χ3v) is 1.42. The van der Waals surface area contributed by atoms with Crippen LogP contribution >= 0.6 is 0 Å². The summed E-state index contributed by atoms with van der Waals surface area (Å²) >= 11 is 0. The molecule has 1 N–H and O–H groups in total. The minimum Gasteiger partial charge on any atom is -0.377 e. The predicted molar refractivity (Wildman–Crippen MR) is 48.8 cm³/mol. The molecule has 0 aromatic heterocycles. The van der Waals surface area contributed by atoms with Crippen LogP contribution in [0.2, 0.25) is 0 Å². The van der Waals surface area contributed by atoms with Crippen LogP contribution in [0.15, 0.2) is 12.2 Å². The molecule has 66 valence electrons. The van der Waals surface area contributed by atoms with Crippen molar-refractivity contribution in [3.8, 4) is 0 Å². The summed E-state index contributed by atoms with van der Waals surface area (Å²) < 4.78 is 5.47. The molecular formula is C9H19NO. The van der Waals surface area contributed by atoms with Crippen LogP contribution in [0, 0.1) is 0 Å². The highest BCUT2D eigenvalue weighted by Crippen LogP contribution is 1.97. The maximum absolute atomic E-state index is 5.47. The van der Waals surface area contributed by atoms with E-state index >= 15 is 0 Å². The number of hydrogen-bond donors (Lipinski definition) is 1. The lowest BCUT2D eigenvalue weighted by Gasteiger charge is -2.11. The molecule has 0 radical (unpaired) electrons. The fourth-order valence-electron chi connectivity index (χ4n) is 0.781. The number of hydrogen-bond acceptors (Lipinski definition) is 2. The Morgan fingerprint density at radius 2 is 2.27 bits per heavy atom. The fraction of sp³-hybridized carbons (Fsp3) is 0.778. The van der Waals surface area contributed by atoms with Crippen LogP contribution < -0.4 is 5.32 Å². The monoisotopic (exact) mass is 157 g/mol. The van der Waals surface area contributed by atoms with E-state index in [0.29, 0.717) is 6.10 Å². The highest BCUT2D eigenvalue weighted by atomic mass is 16.5. The van der Waals surface area contributed by atoms with Crippen LogP contribution in [0.5, 0.6) is 0 Å². The summed E-state index contributed by atoms with van der Waals surface area (Å²) in [4.78, 5) is 0.